The van der Waals surface area contributed by atoms with Crippen molar-refractivity contribution in [2.45, 2.75) is 43.8 Å². The first-order valence-electron chi connectivity index (χ1n) is 11.3. The van der Waals surface area contributed by atoms with E-state index >= 15 is 0 Å². The molecule has 0 bridgehead atoms. The maximum atomic E-state index is 11.1. The molecule has 2 aromatic carbocycles. The largest absolute Gasteiger partial charge is 0.497 e. The molecule has 178 valence electrons. The van der Waals surface area contributed by atoms with Crippen LogP contribution >= 0.6 is 11.8 Å². The van der Waals surface area contributed by atoms with E-state index < -0.39 is 5.97 Å². The molecule has 0 saturated carbocycles. The highest BCUT2D eigenvalue weighted by Crippen LogP contribution is 2.30. The van der Waals surface area contributed by atoms with Gasteiger partial charge >= 0.3 is 5.97 Å². The summed E-state index contributed by atoms with van der Waals surface area (Å²) in [4.78, 5) is 17.0. The highest BCUT2D eigenvalue weighted by atomic mass is 32.2. The molecule has 1 heterocycles. The number of aromatic nitrogens is 1. The van der Waals surface area contributed by atoms with E-state index in [9.17, 15) is 4.79 Å². The number of rotatable bonds is 12. The third-order valence-corrected chi connectivity index (χ3v) is 6.75. The van der Waals surface area contributed by atoms with E-state index in [-0.39, 0.29) is 0 Å². The summed E-state index contributed by atoms with van der Waals surface area (Å²) < 4.78 is 11.2. The van der Waals surface area contributed by atoms with Crippen LogP contribution in [-0.2, 0) is 17.0 Å². The maximum Gasteiger partial charge on any atom is 0.328 e. The fourth-order valence-electron chi connectivity index (χ4n) is 3.55. The minimum Gasteiger partial charge on any atom is -0.497 e. The third-order valence-electron chi connectivity index (χ3n) is 5.38. The van der Waals surface area contributed by atoms with Crippen LogP contribution in [0.4, 0.5) is 0 Å². The molecule has 0 atom stereocenters. The number of aryl methyl sites for hydroxylation is 3. The third kappa shape index (κ3) is 7.66. The Morgan fingerprint density at radius 3 is 2.44 bits per heavy atom. The number of benzene rings is 2. The van der Waals surface area contributed by atoms with Crippen LogP contribution in [-0.4, -0.2) is 29.8 Å². The fraction of sp³-hybridized carbons (Fsp3) is 0.286. The molecule has 3 aromatic rings. The van der Waals surface area contributed by atoms with Gasteiger partial charge in [-0.3, -0.25) is 0 Å². The maximum absolute atomic E-state index is 11.1. The van der Waals surface area contributed by atoms with E-state index in [0.717, 1.165) is 36.8 Å². The summed E-state index contributed by atoms with van der Waals surface area (Å²) >= 11 is 1.74. The summed E-state index contributed by atoms with van der Waals surface area (Å²) in [5.74, 6) is 1.14. The molecule has 6 heteroatoms. The zero-order chi connectivity index (χ0) is 24.3. The van der Waals surface area contributed by atoms with Crippen molar-refractivity contribution in [1.82, 2.24) is 4.98 Å². The first-order chi connectivity index (χ1) is 16.5. The lowest BCUT2D eigenvalue weighted by Crippen LogP contribution is -2.02. The monoisotopic (exact) mass is 477 g/mol. The van der Waals surface area contributed by atoms with Gasteiger partial charge in [0.25, 0.3) is 0 Å². The molecule has 3 rings (SSSR count). The molecule has 0 aliphatic rings. The number of ether oxygens (including phenoxy) is 2. The van der Waals surface area contributed by atoms with Gasteiger partial charge in [-0.25, -0.2) is 9.78 Å². The zero-order valence-electron chi connectivity index (χ0n) is 19.9. The van der Waals surface area contributed by atoms with Crippen molar-refractivity contribution in [2.75, 3.05) is 13.7 Å². The molecule has 0 aliphatic heterocycles. The van der Waals surface area contributed by atoms with Crippen LogP contribution in [0.3, 0.4) is 0 Å². The number of hydrogen-bond acceptors (Lipinski definition) is 5. The van der Waals surface area contributed by atoms with Crippen molar-refractivity contribution in [3.63, 3.8) is 0 Å². The number of carboxylic acid groups (broad SMARTS) is 1. The molecule has 1 aromatic heterocycles. The summed E-state index contributed by atoms with van der Waals surface area (Å²) in [6, 6.07) is 18.2. The van der Waals surface area contributed by atoms with Crippen LogP contribution in [0.25, 0.3) is 6.08 Å². The Balaban J connectivity index is 1.58. The SMILES string of the molecule is COc1ccc(CCCCOc2ccc(CSc3c(C)cccc3C)nc2C=CC(=O)O)cc1. The van der Waals surface area contributed by atoms with Gasteiger partial charge in [0.1, 0.15) is 17.2 Å². The second kappa shape index (κ2) is 12.8. The van der Waals surface area contributed by atoms with Gasteiger partial charge in [0.05, 0.1) is 19.4 Å². The molecular weight excluding hydrogens is 446 g/mol. The molecule has 1 N–H and O–H groups in total. The number of hydrogen-bond donors (Lipinski definition) is 1. The Bertz CT molecular complexity index is 1110. The number of carbonyl (C=O) groups is 1. The molecular formula is C28H31NO4S. The lowest BCUT2D eigenvalue weighted by Gasteiger charge is -2.12. The number of carboxylic acids is 1. The van der Waals surface area contributed by atoms with Crippen molar-refractivity contribution in [3.05, 3.63) is 88.8 Å². The molecule has 0 amide bonds. The van der Waals surface area contributed by atoms with Gasteiger partial charge in [0, 0.05) is 16.7 Å². The lowest BCUT2D eigenvalue weighted by atomic mass is 10.1. The minimum atomic E-state index is -1.01. The van der Waals surface area contributed by atoms with Crippen LogP contribution in [0, 0.1) is 13.8 Å². The van der Waals surface area contributed by atoms with Crippen LogP contribution in [0.1, 0.15) is 40.9 Å². The van der Waals surface area contributed by atoms with Crippen LogP contribution in [0.5, 0.6) is 11.5 Å². The Morgan fingerprint density at radius 1 is 1.03 bits per heavy atom. The molecule has 0 aliphatic carbocycles. The van der Waals surface area contributed by atoms with E-state index in [0.29, 0.717) is 23.8 Å². The highest BCUT2D eigenvalue weighted by molar-refractivity contribution is 7.98. The highest BCUT2D eigenvalue weighted by Gasteiger charge is 2.09. The van der Waals surface area contributed by atoms with Crippen molar-refractivity contribution >= 4 is 23.8 Å². The average molecular weight is 478 g/mol. The Hall–Kier alpha value is -3.25. The minimum absolute atomic E-state index is 0.539. The van der Waals surface area contributed by atoms with Crippen LogP contribution < -0.4 is 9.47 Å². The first-order valence-corrected chi connectivity index (χ1v) is 12.3. The number of methoxy groups -OCH3 is 1. The summed E-state index contributed by atoms with van der Waals surface area (Å²) in [6.45, 7) is 4.76. The second-order valence-electron chi connectivity index (χ2n) is 8.02. The van der Waals surface area contributed by atoms with Crippen molar-refractivity contribution in [2.24, 2.45) is 0 Å². The second-order valence-corrected chi connectivity index (χ2v) is 9.01. The van der Waals surface area contributed by atoms with E-state index in [1.807, 2.05) is 24.3 Å². The number of aliphatic carboxylic acids is 1. The van der Waals surface area contributed by atoms with E-state index in [1.165, 1.54) is 27.7 Å². The van der Waals surface area contributed by atoms with Crippen molar-refractivity contribution in [1.29, 1.82) is 0 Å². The fourth-order valence-corrected chi connectivity index (χ4v) is 4.60. The molecule has 34 heavy (non-hydrogen) atoms. The molecule has 5 nitrogen and oxygen atoms in total. The average Bonchev–Trinajstić information content (AvgIpc) is 2.83. The van der Waals surface area contributed by atoms with E-state index in [1.54, 1.807) is 18.9 Å². The van der Waals surface area contributed by atoms with Crippen molar-refractivity contribution < 1.29 is 19.4 Å². The van der Waals surface area contributed by atoms with Gasteiger partial charge in [-0.05, 0) is 80.1 Å². The Labute approximate surface area is 205 Å². The standard InChI is InChI=1S/C28H31NO4S/c1-20-7-6-8-21(2)28(20)34-19-23-12-16-26(25(29-23)15-17-27(30)31)33-18-5-4-9-22-10-13-24(32-3)14-11-22/h6-8,10-17H,4-5,9,18-19H2,1-3H3,(H,30,31). The quantitative estimate of drug-likeness (QED) is 0.182. The molecule has 0 radical (unpaired) electrons. The predicted molar refractivity (Wildman–Crippen MR) is 138 cm³/mol. The van der Waals surface area contributed by atoms with Crippen LogP contribution in [0.15, 0.2) is 65.6 Å². The molecule has 0 unspecified atom stereocenters. The normalized spacial score (nSPS) is 11.0. The number of unbranched alkanes of at least 4 members (excludes halogenated alkanes) is 1. The van der Waals surface area contributed by atoms with Gasteiger partial charge in [0.2, 0.25) is 0 Å². The predicted octanol–water partition coefficient (Wildman–Crippen LogP) is 6.50. The summed E-state index contributed by atoms with van der Waals surface area (Å²) in [6.07, 6.45) is 5.44. The van der Waals surface area contributed by atoms with Crippen molar-refractivity contribution in [3.8, 4) is 11.5 Å². The summed E-state index contributed by atoms with van der Waals surface area (Å²) in [5.41, 5.74) is 5.16. The van der Waals surface area contributed by atoms with Crippen LogP contribution in [0.2, 0.25) is 0 Å². The first kappa shape index (κ1) is 25.4. The Kier molecular flexibility index (Phi) is 9.59. The van der Waals surface area contributed by atoms with E-state index in [2.05, 4.69) is 49.2 Å². The number of pyridine rings is 1. The van der Waals surface area contributed by atoms with Gasteiger partial charge in [-0.15, -0.1) is 11.8 Å². The summed E-state index contributed by atoms with van der Waals surface area (Å²) in [7, 11) is 1.66. The molecule has 0 fully saturated rings. The molecule has 0 spiro atoms. The van der Waals surface area contributed by atoms with Gasteiger partial charge in [-0.1, -0.05) is 30.3 Å². The lowest BCUT2D eigenvalue weighted by molar-refractivity contribution is -0.131. The smallest absolute Gasteiger partial charge is 0.328 e. The number of nitrogens with zero attached hydrogens (tertiary/aromatic N) is 1. The molecule has 0 saturated heterocycles. The van der Waals surface area contributed by atoms with Gasteiger partial charge in [0.15, 0.2) is 0 Å². The number of thioether (sulfide) groups is 1. The summed E-state index contributed by atoms with van der Waals surface area (Å²) in [5, 5.41) is 9.07. The van der Waals surface area contributed by atoms with E-state index in [4.69, 9.17) is 14.6 Å². The topological polar surface area (TPSA) is 68.7 Å². The van der Waals surface area contributed by atoms with Gasteiger partial charge in [-0.2, -0.15) is 0 Å². The Morgan fingerprint density at radius 2 is 1.76 bits per heavy atom. The van der Waals surface area contributed by atoms with Gasteiger partial charge < -0.3 is 14.6 Å². The zero-order valence-corrected chi connectivity index (χ0v) is 20.7.